The summed E-state index contributed by atoms with van der Waals surface area (Å²) in [5, 5.41) is 23.4. The lowest BCUT2D eigenvalue weighted by Crippen LogP contribution is -2.49. The number of hydrogen-bond donors (Lipinski definition) is 3. The lowest BCUT2D eigenvalue weighted by molar-refractivity contribution is -0.123. The number of amides is 1. The molecule has 0 bridgehead atoms. The van der Waals surface area contributed by atoms with Gasteiger partial charge in [-0.25, -0.2) is 0 Å². The summed E-state index contributed by atoms with van der Waals surface area (Å²) in [5.74, 6) is -0.130. The van der Waals surface area contributed by atoms with E-state index in [2.05, 4.69) is 54.5 Å². The highest BCUT2D eigenvalue weighted by Crippen LogP contribution is 2.35. The van der Waals surface area contributed by atoms with E-state index in [0.29, 0.717) is 11.3 Å². The Hall–Kier alpha value is -2.97. The molecule has 3 atom stereocenters. The van der Waals surface area contributed by atoms with Gasteiger partial charge in [0.2, 0.25) is 5.91 Å². The molecule has 1 unspecified atom stereocenters. The fraction of sp³-hybridized carbons (Fsp3) is 0.400. The molecule has 5 nitrogen and oxygen atoms in total. The van der Waals surface area contributed by atoms with Gasteiger partial charge < -0.3 is 16.0 Å². The maximum Gasteiger partial charge on any atom is 0.238 e. The fourth-order valence-electron chi connectivity index (χ4n) is 3.97. The first-order chi connectivity index (χ1) is 14.3. The second kappa shape index (κ2) is 9.23. The minimum Gasteiger partial charge on any atom is -0.335 e. The van der Waals surface area contributed by atoms with E-state index in [4.69, 9.17) is 5.41 Å². The molecule has 1 heterocycles. The third-order valence-electron chi connectivity index (χ3n) is 6.12. The molecular formula is C25H30N4O. The number of piperidine rings is 1. The number of hydrogen-bond acceptors (Lipinski definition) is 4. The van der Waals surface area contributed by atoms with Crippen molar-refractivity contribution in [2.75, 3.05) is 6.54 Å². The van der Waals surface area contributed by atoms with Crippen LogP contribution < -0.4 is 10.6 Å². The van der Waals surface area contributed by atoms with Gasteiger partial charge in [0, 0.05) is 11.1 Å². The van der Waals surface area contributed by atoms with Gasteiger partial charge in [-0.1, -0.05) is 62.4 Å². The van der Waals surface area contributed by atoms with Crippen LogP contribution in [0.1, 0.15) is 50.7 Å². The lowest BCUT2D eigenvalue weighted by atomic mass is 9.75. The number of rotatable bonds is 6. The Morgan fingerprint density at radius 1 is 1.37 bits per heavy atom. The summed E-state index contributed by atoms with van der Waals surface area (Å²) in [6.45, 7) is 8.89. The number of benzene rings is 1. The molecule has 1 aromatic rings. The predicted molar refractivity (Wildman–Crippen MR) is 120 cm³/mol. The lowest BCUT2D eigenvalue weighted by Gasteiger charge is -2.30. The van der Waals surface area contributed by atoms with Crippen LogP contribution in [0.3, 0.4) is 0 Å². The molecule has 0 radical (unpaired) electrons. The first-order valence-electron chi connectivity index (χ1n) is 10.5. The summed E-state index contributed by atoms with van der Waals surface area (Å²) in [6, 6.07) is 9.32. The van der Waals surface area contributed by atoms with Gasteiger partial charge in [0.15, 0.2) is 0 Å². The molecule has 156 valence electrons. The Kier molecular flexibility index (Phi) is 6.69. The van der Waals surface area contributed by atoms with E-state index in [1.54, 1.807) is 6.92 Å². The molecule has 1 amide bonds. The van der Waals surface area contributed by atoms with Gasteiger partial charge >= 0.3 is 0 Å². The van der Waals surface area contributed by atoms with Crippen LogP contribution in [0.25, 0.3) is 0 Å². The van der Waals surface area contributed by atoms with Gasteiger partial charge in [-0.05, 0) is 55.0 Å². The summed E-state index contributed by atoms with van der Waals surface area (Å²) in [5.41, 5.74) is 4.01. The topological polar surface area (TPSA) is 88.8 Å². The van der Waals surface area contributed by atoms with Gasteiger partial charge in [-0.3, -0.25) is 4.79 Å². The summed E-state index contributed by atoms with van der Waals surface area (Å²) in [6.07, 6.45) is 9.91. The molecule has 1 aliphatic carbocycles. The normalized spacial score (nSPS) is 24.3. The smallest absolute Gasteiger partial charge is 0.238 e. The second-order valence-corrected chi connectivity index (χ2v) is 8.42. The number of allylic oxidation sites excluding steroid dienone is 3. The van der Waals surface area contributed by atoms with Crippen molar-refractivity contribution < 1.29 is 4.79 Å². The summed E-state index contributed by atoms with van der Waals surface area (Å²) in [7, 11) is 0. The zero-order valence-corrected chi connectivity index (χ0v) is 17.8. The highest BCUT2D eigenvalue weighted by Gasteiger charge is 2.28. The van der Waals surface area contributed by atoms with Crippen LogP contribution >= 0.6 is 0 Å². The molecule has 1 aliphatic heterocycles. The average Bonchev–Trinajstić information content (AvgIpc) is 2.78. The Morgan fingerprint density at radius 2 is 2.10 bits per heavy atom. The zero-order valence-electron chi connectivity index (χ0n) is 17.8. The Morgan fingerprint density at radius 3 is 2.63 bits per heavy atom. The minimum absolute atomic E-state index is 0.130. The van der Waals surface area contributed by atoms with Crippen molar-refractivity contribution in [2.24, 2.45) is 0 Å². The summed E-state index contributed by atoms with van der Waals surface area (Å²) in [4.78, 5) is 12.5. The highest BCUT2D eigenvalue weighted by molar-refractivity contribution is 5.96. The van der Waals surface area contributed by atoms with E-state index in [9.17, 15) is 10.1 Å². The number of carbonyl (C=O) groups excluding carboxylic acids is 1. The van der Waals surface area contributed by atoms with E-state index in [1.807, 2.05) is 18.2 Å². The molecular weight excluding hydrogens is 372 g/mol. The first-order valence-corrected chi connectivity index (χ1v) is 10.5. The van der Waals surface area contributed by atoms with Crippen molar-refractivity contribution in [2.45, 2.75) is 57.0 Å². The zero-order chi connectivity index (χ0) is 21.7. The van der Waals surface area contributed by atoms with E-state index in [0.717, 1.165) is 43.4 Å². The van der Waals surface area contributed by atoms with Crippen LogP contribution in [0, 0.1) is 16.7 Å². The first kappa shape index (κ1) is 21.7. The third kappa shape index (κ3) is 4.77. The largest absolute Gasteiger partial charge is 0.335 e. The molecule has 0 aromatic heterocycles. The summed E-state index contributed by atoms with van der Waals surface area (Å²) < 4.78 is 0. The van der Waals surface area contributed by atoms with E-state index in [-0.39, 0.29) is 17.4 Å². The van der Waals surface area contributed by atoms with Gasteiger partial charge in [0.05, 0.1) is 12.1 Å². The average molecular weight is 403 g/mol. The van der Waals surface area contributed by atoms with Crippen molar-refractivity contribution in [1.29, 1.82) is 10.7 Å². The van der Waals surface area contributed by atoms with Gasteiger partial charge in [-0.15, -0.1) is 0 Å². The molecule has 1 aromatic carbocycles. The molecule has 1 saturated heterocycles. The van der Waals surface area contributed by atoms with Crippen molar-refractivity contribution in [3.8, 4) is 6.07 Å². The van der Waals surface area contributed by atoms with Gasteiger partial charge in [-0.2, -0.15) is 5.26 Å². The van der Waals surface area contributed by atoms with E-state index < -0.39 is 6.04 Å². The Bertz CT molecular complexity index is 929. The molecule has 3 rings (SSSR count). The maximum absolute atomic E-state index is 12.5. The van der Waals surface area contributed by atoms with Crippen LogP contribution in [0.15, 0.2) is 60.2 Å². The highest BCUT2D eigenvalue weighted by atomic mass is 16.2. The quantitative estimate of drug-likeness (QED) is 0.630. The SMILES string of the molecule is C=C(C1=CCC(C)(c2ccc(C(C)=N)cc2)C=C1)[C@@H](C#N)NC(=O)[C@@H]1CCCCN1. The molecule has 1 fully saturated rings. The Labute approximate surface area is 179 Å². The van der Waals surface area contributed by atoms with E-state index in [1.165, 1.54) is 5.56 Å². The monoisotopic (exact) mass is 402 g/mol. The van der Waals surface area contributed by atoms with Crippen LogP contribution in [-0.2, 0) is 10.2 Å². The molecule has 30 heavy (non-hydrogen) atoms. The molecule has 0 spiro atoms. The van der Waals surface area contributed by atoms with Crippen LogP contribution in [0.5, 0.6) is 0 Å². The minimum atomic E-state index is -0.740. The third-order valence-corrected chi connectivity index (χ3v) is 6.12. The molecule has 3 N–H and O–H groups in total. The van der Waals surface area contributed by atoms with E-state index >= 15 is 0 Å². The van der Waals surface area contributed by atoms with Gasteiger partial charge in [0.1, 0.15) is 6.04 Å². The van der Waals surface area contributed by atoms with Crippen LogP contribution in [0.2, 0.25) is 0 Å². The molecule has 2 aliphatic rings. The number of nitrogens with zero attached hydrogens (tertiary/aromatic N) is 1. The number of nitrogens with one attached hydrogen (secondary N) is 3. The van der Waals surface area contributed by atoms with Crippen molar-refractivity contribution in [3.63, 3.8) is 0 Å². The molecule has 0 saturated carbocycles. The Balaban J connectivity index is 1.66. The summed E-state index contributed by atoms with van der Waals surface area (Å²) >= 11 is 0. The molecule has 5 heteroatoms. The second-order valence-electron chi connectivity index (χ2n) is 8.42. The van der Waals surface area contributed by atoms with Crippen molar-refractivity contribution >= 4 is 11.6 Å². The van der Waals surface area contributed by atoms with Crippen LogP contribution in [0.4, 0.5) is 0 Å². The number of nitriles is 1. The standard InChI is InChI=1S/C25H30N4O/c1-17(23(16-26)29-24(30)22-6-4-5-15-28-22)19-11-13-25(3,14-12-19)21-9-7-20(8-10-21)18(2)27/h7-13,22-23,27-28H,1,4-6,14-15H2,2-3H3,(H,29,30)/t22-,23+,25?/m0/s1. The van der Waals surface area contributed by atoms with Crippen molar-refractivity contribution in [1.82, 2.24) is 10.6 Å². The van der Waals surface area contributed by atoms with Gasteiger partial charge in [0.25, 0.3) is 0 Å². The number of carbonyl (C=O) groups is 1. The fourth-order valence-corrected chi connectivity index (χ4v) is 3.97. The predicted octanol–water partition coefficient (Wildman–Crippen LogP) is 3.93. The van der Waals surface area contributed by atoms with Crippen LogP contribution in [-0.4, -0.2) is 30.2 Å². The van der Waals surface area contributed by atoms with Crippen molar-refractivity contribution in [3.05, 3.63) is 71.3 Å². The maximum atomic E-state index is 12.5.